The molecular weight excluding hydrogens is 348 g/mol. The zero-order chi connectivity index (χ0) is 18.9. The molecule has 2 aliphatic heterocycles. The molecule has 0 bridgehead atoms. The molecule has 0 spiro atoms. The first-order chi connectivity index (χ1) is 13.8. The zero-order valence-electron chi connectivity index (χ0n) is 16.9. The molecule has 3 aliphatic rings. The van der Waals surface area contributed by atoms with Crippen molar-refractivity contribution in [3.63, 3.8) is 0 Å². The lowest BCUT2D eigenvalue weighted by Crippen LogP contribution is -2.33. The summed E-state index contributed by atoms with van der Waals surface area (Å²) in [7, 11) is 2.17. The predicted molar refractivity (Wildman–Crippen MR) is 111 cm³/mol. The number of benzene rings is 1. The number of nitrogens with zero attached hydrogens (tertiary/aromatic N) is 4. The van der Waals surface area contributed by atoms with E-state index in [4.69, 9.17) is 9.72 Å². The first kappa shape index (κ1) is 17.9. The van der Waals surface area contributed by atoms with Crippen molar-refractivity contribution in [3.8, 4) is 6.01 Å². The molecule has 1 aliphatic carbocycles. The Bertz CT molecular complexity index is 852. The van der Waals surface area contributed by atoms with E-state index >= 15 is 0 Å². The fourth-order valence-electron chi connectivity index (χ4n) is 4.98. The minimum atomic E-state index is 0.493. The molecule has 0 unspecified atom stereocenters. The number of likely N-dealkylation sites (N-methyl/N-ethyl adjacent to an activating group) is 1. The zero-order valence-corrected chi connectivity index (χ0v) is 16.9. The molecule has 2 aromatic rings. The second kappa shape index (κ2) is 7.70. The van der Waals surface area contributed by atoms with Gasteiger partial charge in [0.15, 0.2) is 0 Å². The van der Waals surface area contributed by atoms with Crippen LogP contribution in [0.2, 0.25) is 0 Å². The Labute approximate surface area is 167 Å². The van der Waals surface area contributed by atoms with Gasteiger partial charge in [0.25, 0.3) is 0 Å². The molecule has 148 valence electrons. The van der Waals surface area contributed by atoms with Gasteiger partial charge in [-0.1, -0.05) is 12.1 Å². The van der Waals surface area contributed by atoms with Gasteiger partial charge in [-0.05, 0) is 81.3 Å². The third-order valence-electron chi connectivity index (χ3n) is 6.71. The average molecular weight is 379 g/mol. The highest BCUT2D eigenvalue weighted by Crippen LogP contribution is 2.33. The predicted octanol–water partition coefficient (Wildman–Crippen LogP) is 3.39. The highest BCUT2D eigenvalue weighted by atomic mass is 16.5. The molecule has 1 fully saturated rings. The van der Waals surface area contributed by atoms with Crippen LogP contribution in [0.1, 0.15) is 48.1 Å². The van der Waals surface area contributed by atoms with Gasteiger partial charge in [-0.25, -0.2) is 4.98 Å². The van der Waals surface area contributed by atoms with E-state index in [-0.39, 0.29) is 0 Å². The topological polar surface area (TPSA) is 41.5 Å². The van der Waals surface area contributed by atoms with Crippen molar-refractivity contribution in [2.75, 3.05) is 31.6 Å². The van der Waals surface area contributed by atoms with Crippen LogP contribution in [0.4, 0.5) is 5.69 Å². The Balaban J connectivity index is 1.32. The van der Waals surface area contributed by atoms with Crippen LogP contribution < -0.4 is 9.64 Å². The van der Waals surface area contributed by atoms with Crippen molar-refractivity contribution >= 4 is 5.69 Å². The van der Waals surface area contributed by atoms with Crippen molar-refractivity contribution in [1.82, 2.24) is 14.9 Å². The van der Waals surface area contributed by atoms with Gasteiger partial charge in [-0.15, -0.1) is 0 Å². The summed E-state index contributed by atoms with van der Waals surface area (Å²) >= 11 is 0. The molecule has 28 heavy (non-hydrogen) atoms. The fourth-order valence-corrected chi connectivity index (χ4v) is 4.98. The summed E-state index contributed by atoms with van der Waals surface area (Å²) in [5.74, 6) is 0. The smallest absolute Gasteiger partial charge is 0.316 e. The molecule has 0 saturated carbocycles. The van der Waals surface area contributed by atoms with E-state index in [0.717, 1.165) is 31.7 Å². The summed E-state index contributed by atoms with van der Waals surface area (Å²) in [5, 5.41) is 0. The number of anilines is 1. The van der Waals surface area contributed by atoms with E-state index in [1.54, 1.807) is 11.1 Å². The van der Waals surface area contributed by atoms with E-state index in [2.05, 4.69) is 40.0 Å². The molecule has 0 N–H and O–H groups in total. The lowest BCUT2D eigenvalue weighted by molar-refractivity contribution is 0.187. The number of likely N-dealkylation sites (tertiary alicyclic amines) is 1. The summed E-state index contributed by atoms with van der Waals surface area (Å²) < 4.78 is 5.98. The molecule has 0 amide bonds. The highest BCUT2D eigenvalue weighted by Gasteiger charge is 2.24. The van der Waals surface area contributed by atoms with Crippen LogP contribution in [-0.4, -0.2) is 47.7 Å². The largest absolute Gasteiger partial charge is 0.462 e. The van der Waals surface area contributed by atoms with Gasteiger partial charge >= 0.3 is 6.01 Å². The molecule has 5 nitrogen and oxygen atoms in total. The minimum absolute atomic E-state index is 0.493. The van der Waals surface area contributed by atoms with Crippen LogP contribution in [-0.2, 0) is 25.8 Å². The fraction of sp³-hybridized carbons (Fsp3) is 0.565. The summed E-state index contributed by atoms with van der Waals surface area (Å²) in [5.41, 5.74) is 6.92. The number of fused-ring (bicyclic) bond motifs is 2. The molecule has 5 heteroatoms. The highest BCUT2D eigenvalue weighted by molar-refractivity contribution is 5.58. The summed E-state index contributed by atoms with van der Waals surface area (Å²) in [6.45, 7) is 3.74. The monoisotopic (exact) mass is 378 g/mol. The van der Waals surface area contributed by atoms with Gasteiger partial charge in [0, 0.05) is 24.5 Å². The summed E-state index contributed by atoms with van der Waals surface area (Å²) in [4.78, 5) is 14.2. The number of hydrogen-bond acceptors (Lipinski definition) is 5. The molecule has 1 atom stereocenters. The molecule has 0 radical (unpaired) electrons. The third-order valence-corrected chi connectivity index (χ3v) is 6.71. The molecule has 1 saturated heterocycles. The van der Waals surface area contributed by atoms with E-state index in [1.165, 1.54) is 49.8 Å². The number of hydrogen-bond donors (Lipinski definition) is 0. The van der Waals surface area contributed by atoms with Crippen molar-refractivity contribution in [3.05, 3.63) is 46.8 Å². The number of aryl methyl sites for hydroxylation is 1. The Morgan fingerprint density at radius 2 is 2.00 bits per heavy atom. The van der Waals surface area contributed by atoms with Crippen LogP contribution in [0.5, 0.6) is 6.01 Å². The molecule has 1 aromatic heterocycles. The van der Waals surface area contributed by atoms with E-state index in [0.29, 0.717) is 18.7 Å². The van der Waals surface area contributed by atoms with Crippen LogP contribution in [0.15, 0.2) is 24.4 Å². The van der Waals surface area contributed by atoms with Crippen molar-refractivity contribution in [2.45, 2.75) is 57.5 Å². The van der Waals surface area contributed by atoms with Gasteiger partial charge in [0.1, 0.15) is 6.61 Å². The molecule has 5 rings (SSSR count). The summed E-state index contributed by atoms with van der Waals surface area (Å²) in [6, 6.07) is 7.86. The van der Waals surface area contributed by atoms with Crippen LogP contribution in [0.25, 0.3) is 0 Å². The maximum atomic E-state index is 5.98. The maximum absolute atomic E-state index is 5.98. The lowest BCUT2D eigenvalue weighted by Gasteiger charge is -2.33. The van der Waals surface area contributed by atoms with Gasteiger partial charge in [-0.2, -0.15) is 4.98 Å². The SMILES string of the molecule is CN1CCC[C@H]1COc1ncc2c(n1)CN(c1cccc3c1CCCC3)CC2. The number of ether oxygens (including phenoxy) is 1. The maximum Gasteiger partial charge on any atom is 0.316 e. The Kier molecular flexibility index (Phi) is 4.93. The summed E-state index contributed by atoms with van der Waals surface area (Å²) in [6.07, 6.45) is 10.5. The first-order valence-corrected chi connectivity index (χ1v) is 10.8. The van der Waals surface area contributed by atoms with Crippen LogP contribution >= 0.6 is 0 Å². The third kappa shape index (κ3) is 3.48. The first-order valence-electron chi connectivity index (χ1n) is 10.8. The normalized spacial score (nSPS) is 22.0. The second-order valence-electron chi connectivity index (χ2n) is 8.51. The molecule has 3 heterocycles. The minimum Gasteiger partial charge on any atom is -0.462 e. The van der Waals surface area contributed by atoms with Gasteiger partial charge in [0.2, 0.25) is 0 Å². The van der Waals surface area contributed by atoms with Gasteiger partial charge in [0.05, 0.1) is 12.2 Å². The van der Waals surface area contributed by atoms with E-state index in [1.807, 2.05) is 6.20 Å². The van der Waals surface area contributed by atoms with Crippen molar-refractivity contribution < 1.29 is 4.74 Å². The van der Waals surface area contributed by atoms with Crippen molar-refractivity contribution in [1.29, 1.82) is 0 Å². The molecule has 1 aromatic carbocycles. The Morgan fingerprint density at radius 1 is 1.07 bits per heavy atom. The van der Waals surface area contributed by atoms with Gasteiger partial charge < -0.3 is 14.5 Å². The standard InChI is InChI=1S/C23H30N4O/c1-26-12-5-8-19(26)16-28-23-24-14-18-11-13-27(15-21(18)25-23)22-10-4-7-17-6-2-3-9-20(17)22/h4,7,10,14,19H,2-3,5-6,8-9,11-13,15-16H2,1H3/t19-/m0/s1. The van der Waals surface area contributed by atoms with E-state index in [9.17, 15) is 0 Å². The van der Waals surface area contributed by atoms with Crippen molar-refractivity contribution in [2.24, 2.45) is 0 Å². The number of aromatic nitrogens is 2. The lowest BCUT2D eigenvalue weighted by atomic mass is 9.89. The molecular formula is C23H30N4O. The van der Waals surface area contributed by atoms with Gasteiger partial charge in [-0.3, -0.25) is 0 Å². The number of rotatable bonds is 4. The second-order valence-corrected chi connectivity index (χ2v) is 8.51. The van der Waals surface area contributed by atoms with Crippen LogP contribution in [0.3, 0.4) is 0 Å². The van der Waals surface area contributed by atoms with E-state index < -0.39 is 0 Å². The average Bonchev–Trinajstić information content (AvgIpc) is 3.16. The quantitative estimate of drug-likeness (QED) is 0.816. The van der Waals surface area contributed by atoms with Crippen LogP contribution in [0, 0.1) is 0 Å². The Morgan fingerprint density at radius 3 is 2.89 bits per heavy atom. The Hall–Kier alpha value is -2.14.